The molecule has 0 amide bonds. The molecule has 27 heavy (non-hydrogen) atoms. The lowest BCUT2D eigenvalue weighted by Crippen LogP contribution is -2.45. The number of hydrogen-bond acceptors (Lipinski definition) is 4. The molecule has 0 radical (unpaired) electrons. The van der Waals surface area contributed by atoms with Crippen molar-refractivity contribution in [2.24, 2.45) is 0 Å². The highest BCUT2D eigenvalue weighted by atomic mass is 79.9. The van der Waals surface area contributed by atoms with Gasteiger partial charge in [-0.3, -0.25) is 9.80 Å². The van der Waals surface area contributed by atoms with Gasteiger partial charge in [-0.2, -0.15) is 0 Å². The predicted octanol–water partition coefficient (Wildman–Crippen LogP) is 4.30. The first-order valence-electron chi connectivity index (χ1n) is 9.26. The number of ether oxygens (including phenoxy) is 2. The highest BCUT2D eigenvalue weighted by molar-refractivity contribution is 9.10. The normalized spacial score (nSPS) is 16.0. The van der Waals surface area contributed by atoms with E-state index in [0.29, 0.717) is 0 Å². The molecular weight excluding hydrogens is 404 g/mol. The molecular formula is C22H27BrN2O2. The Bertz CT molecular complexity index is 756. The van der Waals surface area contributed by atoms with Gasteiger partial charge in [0.15, 0.2) is 11.5 Å². The van der Waals surface area contributed by atoms with Crippen molar-refractivity contribution in [1.82, 2.24) is 9.80 Å². The van der Waals surface area contributed by atoms with Crippen LogP contribution >= 0.6 is 15.9 Å². The molecule has 0 unspecified atom stereocenters. The van der Waals surface area contributed by atoms with Crippen LogP contribution in [0.3, 0.4) is 0 Å². The van der Waals surface area contributed by atoms with E-state index in [1.54, 1.807) is 14.2 Å². The minimum atomic E-state index is 0.753. The fourth-order valence-corrected chi connectivity index (χ4v) is 3.74. The van der Waals surface area contributed by atoms with E-state index in [2.05, 4.69) is 68.2 Å². The third kappa shape index (κ3) is 5.58. The zero-order valence-electron chi connectivity index (χ0n) is 16.0. The molecule has 1 aliphatic heterocycles. The van der Waals surface area contributed by atoms with Gasteiger partial charge in [-0.25, -0.2) is 0 Å². The largest absolute Gasteiger partial charge is 0.493 e. The van der Waals surface area contributed by atoms with E-state index in [0.717, 1.165) is 55.2 Å². The lowest BCUT2D eigenvalue weighted by Gasteiger charge is -2.34. The van der Waals surface area contributed by atoms with E-state index in [4.69, 9.17) is 9.47 Å². The smallest absolute Gasteiger partial charge is 0.161 e. The number of piperazine rings is 1. The van der Waals surface area contributed by atoms with Crippen LogP contribution < -0.4 is 9.47 Å². The maximum Gasteiger partial charge on any atom is 0.161 e. The van der Waals surface area contributed by atoms with E-state index in [1.807, 2.05) is 12.1 Å². The zero-order chi connectivity index (χ0) is 19.1. The first-order valence-corrected chi connectivity index (χ1v) is 10.1. The fourth-order valence-electron chi connectivity index (χ4n) is 3.29. The van der Waals surface area contributed by atoms with Crippen molar-refractivity contribution in [1.29, 1.82) is 0 Å². The van der Waals surface area contributed by atoms with Crippen molar-refractivity contribution >= 4 is 22.0 Å². The summed E-state index contributed by atoms with van der Waals surface area (Å²) >= 11 is 3.66. The van der Waals surface area contributed by atoms with Crippen molar-refractivity contribution < 1.29 is 9.47 Å². The van der Waals surface area contributed by atoms with Crippen LogP contribution in [0.1, 0.15) is 11.1 Å². The monoisotopic (exact) mass is 430 g/mol. The number of hydrogen-bond donors (Lipinski definition) is 0. The van der Waals surface area contributed by atoms with Crippen molar-refractivity contribution in [3.8, 4) is 11.5 Å². The lowest BCUT2D eigenvalue weighted by atomic mass is 10.1. The Kier molecular flexibility index (Phi) is 7.33. The molecule has 4 nitrogen and oxygen atoms in total. The van der Waals surface area contributed by atoms with Crippen LogP contribution in [0.25, 0.3) is 6.08 Å². The molecule has 0 spiro atoms. The van der Waals surface area contributed by atoms with E-state index in [-0.39, 0.29) is 0 Å². The van der Waals surface area contributed by atoms with Gasteiger partial charge in [0.2, 0.25) is 0 Å². The van der Waals surface area contributed by atoms with Crippen molar-refractivity contribution in [2.75, 3.05) is 46.9 Å². The van der Waals surface area contributed by atoms with Crippen LogP contribution in [0.2, 0.25) is 0 Å². The number of methoxy groups -OCH3 is 2. The second-order valence-electron chi connectivity index (χ2n) is 6.69. The van der Waals surface area contributed by atoms with Gasteiger partial charge < -0.3 is 9.47 Å². The molecule has 0 atom stereocenters. The van der Waals surface area contributed by atoms with E-state index < -0.39 is 0 Å². The van der Waals surface area contributed by atoms with Gasteiger partial charge in [-0.15, -0.1) is 0 Å². The van der Waals surface area contributed by atoms with Crippen molar-refractivity contribution in [2.45, 2.75) is 6.54 Å². The molecule has 0 aliphatic carbocycles. The average molecular weight is 431 g/mol. The second kappa shape index (κ2) is 9.93. The molecule has 0 aromatic heterocycles. The van der Waals surface area contributed by atoms with Crippen LogP contribution in [-0.4, -0.2) is 56.7 Å². The molecule has 2 aromatic carbocycles. The molecule has 2 aromatic rings. The molecule has 0 N–H and O–H groups in total. The molecule has 0 saturated carbocycles. The molecule has 5 heteroatoms. The van der Waals surface area contributed by atoms with Gasteiger partial charge in [0.25, 0.3) is 0 Å². The Balaban J connectivity index is 1.50. The molecule has 0 bridgehead atoms. The molecule has 1 heterocycles. The van der Waals surface area contributed by atoms with Crippen molar-refractivity contribution in [3.05, 3.63) is 64.1 Å². The molecule has 1 fully saturated rings. The topological polar surface area (TPSA) is 24.9 Å². The third-order valence-electron chi connectivity index (χ3n) is 4.88. The van der Waals surface area contributed by atoms with Gasteiger partial charge in [0, 0.05) is 43.7 Å². The highest BCUT2D eigenvalue weighted by Gasteiger charge is 2.18. The molecule has 1 saturated heterocycles. The number of nitrogens with zero attached hydrogens (tertiary/aromatic N) is 2. The van der Waals surface area contributed by atoms with Crippen molar-refractivity contribution in [3.63, 3.8) is 0 Å². The molecule has 144 valence electrons. The Morgan fingerprint density at radius 1 is 0.926 bits per heavy atom. The molecule has 1 aliphatic rings. The van der Waals surface area contributed by atoms with Crippen LogP contribution in [0, 0.1) is 0 Å². The van der Waals surface area contributed by atoms with E-state index in [9.17, 15) is 0 Å². The number of benzene rings is 2. The van der Waals surface area contributed by atoms with E-state index >= 15 is 0 Å². The first kappa shape index (κ1) is 19.9. The Labute approximate surface area is 170 Å². The highest BCUT2D eigenvalue weighted by Crippen LogP contribution is 2.34. The van der Waals surface area contributed by atoms with Gasteiger partial charge >= 0.3 is 0 Å². The summed E-state index contributed by atoms with van der Waals surface area (Å²) in [6.07, 6.45) is 4.46. The summed E-state index contributed by atoms with van der Waals surface area (Å²) in [5.41, 5.74) is 2.49. The lowest BCUT2D eigenvalue weighted by molar-refractivity contribution is 0.137. The first-order chi connectivity index (χ1) is 13.2. The van der Waals surface area contributed by atoms with E-state index in [1.165, 1.54) is 11.1 Å². The van der Waals surface area contributed by atoms with Gasteiger partial charge in [-0.05, 0) is 23.3 Å². The summed E-state index contributed by atoms with van der Waals surface area (Å²) in [6.45, 7) is 6.23. The summed E-state index contributed by atoms with van der Waals surface area (Å²) in [5.74, 6) is 1.53. The van der Waals surface area contributed by atoms with Crippen LogP contribution in [0.15, 0.2) is 53.0 Å². The fraction of sp³-hybridized carbons (Fsp3) is 0.364. The van der Waals surface area contributed by atoms with Gasteiger partial charge in [-0.1, -0.05) is 58.4 Å². The predicted molar refractivity (Wildman–Crippen MR) is 114 cm³/mol. The summed E-state index contributed by atoms with van der Waals surface area (Å²) in [5, 5.41) is 0. The number of rotatable bonds is 7. The summed E-state index contributed by atoms with van der Waals surface area (Å²) in [7, 11) is 3.34. The minimum Gasteiger partial charge on any atom is -0.493 e. The summed E-state index contributed by atoms with van der Waals surface area (Å²) in [4.78, 5) is 4.99. The molecule has 3 rings (SSSR count). The maximum atomic E-state index is 5.44. The third-order valence-corrected chi connectivity index (χ3v) is 5.62. The minimum absolute atomic E-state index is 0.753. The number of halogens is 1. The average Bonchev–Trinajstić information content (AvgIpc) is 2.71. The van der Waals surface area contributed by atoms with Gasteiger partial charge in [0.1, 0.15) is 0 Å². The maximum absolute atomic E-state index is 5.44. The zero-order valence-corrected chi connectivity index (χ0v) is 17.6. The summed E-state index contributed by atoms with van der Waals surface area (Å²) < 4.78 is 11.9. The van der Waals surface area contributed by atoms with Gasteiger partial charge in [0.05, 0.1) is 14.2 Å². The standard InChI is InChI=1S/C22H27BrN2O2/c1-26-21-15-19(20(23)16-22(21)27-2)17-25-13-11-24(12-14-25)10-6-9-18-7-4-3-5-8-18/h3-9,15-16H,10-14,17H2,1-2H3. The van der Waals surface area contributed by atoms with Crippen LogP contribution in [-0.2, 0) is 6.54 Å². The van der Waals surface area contributed by atoms with Crippen LogP contribution in [0.4, 0.5) is 0 Å². The Hall–Kier alpha value is -1.82. The quantitative estimate of drug-likeness (QED) is 0.653. The Morgan fingerprint density at radius 2 is 1.56 bits per heavy atom. The SMILES string of the molecule is COc1cc(Br)c(CN2CCN(CC=Cc3ccccc3)CC2)cc1OC. The second-order valence-corrected chi connectivity index (χ2v) is 7.54. The van der Waals surface area contributed by atoms with Crippen LogP contribution in [0.5, 0.6) is 11.5 Å². The Morgan fingerprint density at radius 3 is 2.22 bits per heavy atom. The summed E-state index contributed by atoms with van der Waals surface area (Å²) in [6, 6.07) is 14.5.